The van der Waals surface area contributed by atoms with E-state index in [1.54, 1.807) is 12.1 Å². The number of nitrogens with two attached hydrogens (primary N) is 1. The summed E-state index contributed by atoms with van der Waals surface area (Å²) in [5, 5.41) is 3.62. The Hall–Kier alpha value is -3.17. The quantitative estimate of drug-likeness (QED) is 0.783. The molecule has 10 heteroatoms. The number of carbonyl (C=O) groups excluding carboxylic acids is 1. The number of imidazole rings is 1. The molecule has 0 aliphatic rings. The molecule has 0 radical (unpaired) electrons. The maximum absolute atomic E-state index is 13.4. The molecular weight excluding hydrogens is 337 g/mol. The summed E-state index contributed by atoms with van der Waals surface area (Å²) >= 11 is 0. The summed E-state index contributed by atoms with van der Waals surface area (Å²) in [5.74, 6) is -0.751. The fraction of sp³-hybridized carbons (Fsp3) is 0.200. The van der Waals surface area contributed by atoms with Gasteiger partial charge in [-0.2, -0.15) is 18.3 Å². The smallest absolute Gasteiger partial charge is 0.363 e. The Morgan fingerprint density at radius 3 is 2.44 bits per heavy atom. The van der Waals surface area contributed by atoms with E-state index >= 15 is 0 Å². The van der Waals surface area contributed by atoms with Crippen LogP contribution >= 0.6 is 0 Å². The van der Waals surface area contributed by atoms with Gasteiger partial charge in [-0.15, -0.1) is 0 Å². The third-order valence-electron chi connectivity index (χ3n) is 3.60. The maximum atomic E-state index is 13.4. The number of aromatic nitrogens is 5. The number of alkyl halides is 3. The third-order valence-corrected chi connectivity index (χ3v) is 3.60. The average molecular weight is 350 g/mol. The number of nitrogens with zero attached hydrogens (tertiary/aromatic N) is 5. The molecule has 0 fully saturated rings. The molecule has 130 valence electrons. The van der Waals surface area contributed by atoms with Crippen LogP contribution in [0.25, 0.3) is 17.1 Å². The normalized spacial score (nSPS) is 11.7. The van der Waals surface area contributed by atoms with Crippen molar-refractivity contribution in [1.82, 2.24) is 24.3 Å². The summed E-state index contributed by atoms with van der Waals surface area (Å²) in [7, 11) is 1.41. The van der Waals surface area contributed by atoms with Gasteiger partial charge in [-0.25, -0.2) is 14.6 Å². The van der Waals surface area contributed by atoms with Crippen LogP contribution < -0.4 is 5.73 Å². The molecule has 0 aliphatic heterocycles. The molecule has 3 aromatic rings. The first-order valence-corrected chi connectivity index (χ1v) is 7.10. The predicted molar refractivity (Wildman–Crippen MR) is 81.8 cm³/mol. The van der Waals surface area contributed by atoms with Crippen LogP contribution in [0.2, 0.25) is 0 Å². The molecule has 3 heterocycles. The van der Waals surface area contributed by atoms with Gasteiger partial charge in [0.2, 0.25) is 0 Å². The van der Waals surface area contributed by atoms with Crippen molar-refractivity contribution in [2.45, 2.75) is 13.1 Å². The summed E-state index contributed by atoms with van der Waals surface area (Å²) in [6.45, 7) is 1.81. The van der Waals surface area contributed by atoms with E-state index in [1.807, 2.05) is 6.92 Å². The minimum absolute atomic E-state index is 0.0690. The Morgan fingerprint density at radius 2 is 1.92 bits per heavy atom. The van der Waals surface area contributed by atoms with Crippen LogP contribution in [0.4, 0.5) is 13.2 Å². The molecule has 7 nitrogen and oxygen atoms in total. The Morgan fingerprint density at radius 1 is 1.20 bits per heavy atom. The van der Waals surface area contributed by atoms with Crippen molar-refractivity contribution < 1.29 is 18.0 Å². The first-order chi connectivity index (χ1) is 11.7. The van der Waals surface area contributed by atoms with Gasteiger partial charge >= 0.3 is 6.18 Å². The second kappa shape index (κ2) is 5.72. The van der Waals surface area contributed by atoms with Gasteiger partial charge in [0.25, 0.3) is 5.91 Å². The molecule has 0 bridgehead atoms. The van der Waals surface area contributed by atoms with Crippen molar-refractivity contribution in [1.29, 1.82) is 0 Å². The molecule has 2 N–H and O–H groups in total. The highest BCUT2D eigenvalue weighted by molar-refractivity contribution is 5.90. The van der Waals surface area contributed by atoms with Gasteiger partial charge in [-0.1, -0.05) is 6.07 Å². The Balaban J connectivity index is 2.19. The Bertz CT molecular complexity index is 939. The van der Waals surface area contributed by atoms with Crippen LogP contribution in [0.3, 0.4) is 0 Å². The standard InChI is InChI=1S/C15H13F3N6O/c1-8-3-4-11(20-5-8)24-7-9(12(22-24)15(16,17)18)10-6-21-14(13(19)25)23(10)2/h3-7H,1-2H3,(H2,19,25). The molecule has 0 atom stereocenters. The summed E-state index contributed by atoms with van der Waals surface area (Å²) in [6.07, 6.45) is -0.816. The van der Waals surface area contributed by atoms with Crippen LogP contribution in [0.1, 0.15) is 21.9 Å². The molecule has 3 rings (SSSR count). The minimum atomic E-state index is -4.69. The minimum Gasteiger partial charge on any atom is -0.363 e. The number of amides is 1. The molecule has 0 spiro atoms. The first-order valence-electron chi connectivity index (χ1n) is 7.10. The number of rotatable bonds is 3. The lowest BCUT2D eigenvalue weighted by molar-refractivity contribution is -0.140. The number of pyridine rings is 1. The van der Waals surface area contributed by atoms with E-state index in [-0.39, 0.29) is 22.9 Å². The highest BCUT2D eigenvalue weighted by atomic mass is 19.4. The monoisotopic (exact) mass is 350 g/mol. The second-order valence-corrected chi connectivity index (χ2v) is 5.42. The zero-order valence-corrected chi connectivity index (χ0v) is 13.2. The molecule has 3 aromatic heterocycles. The molecule has 0 aliphatic carbocycles. The van der Waals surface area contributed by atoms with E-state index in [9.17, 15) is 18.0 Å². The van der Waals surface area contributed by atoms with Gasteiger partial charge in [0.15, 0.2) is 17.3 Å². The van der Waals surface area contributed by atoms with E-state index in [0.29, 0.717) is 0 Å². The maximum Gasteiger partial charge on any atom is 0.435 e. The van der Waals surface area contributed by atoms with Crippen molar-refractivity contribution in [2.24, 2.45) is 12.8 Å². The number of primary amides is 1. The van der Waals surface area contributed by atoms with Crippen LogP contribution in [-0.2, 0) is 13.2 Å². The van der Waals surface area contributed by atoms with Gasteiger partial charge in [0, 0.05) is 19.4 Å². The topological polar surface area (TPSA) is 91.6 Å². The number of carbonyl (C=O) groups is 1. The molecular formula is C15H13F3N6O. The van der Waals surface area contributed by atoms with Crippen LogP contribution in [-0.4, -0.2) is 30.2 Å². The van der Waals surface area contributed by atoms with Gasteiger partial charge in [0.1, 0.15) is 0 Å². The third kappa shape index (κ3) is 2.97. The van der Waals surface area contributed by atoms with Crippen LogP contribution in [0.15, 0.2) is 30.7 Å². The van der Waals surface area contributed by atoms with Gasteiger partial charge in [-0.05, 0) is 18.6 Å². The average Bonchev–Trinajstić information content (AvgIpc) is 3.11. The fourth-order valence-electron chi connectivity index (χ4n) is 2.37. The highest BCUT2D eigenvalue weighted by Gasteiger charge is 2.38. The second-order valence-electron chi connectivity index (χ2n) is 5.42. The SMILES string of the molecule is Cc1ccc(-n2cc(-c3cnc(C(N)=O)n3C)c(C(F)(F)F)n2)nc1. The lowest BCUT2D eigenvalue weighted by atomic mass is 10.2. The lowest BCUT2D eigenvalue weighted by Gasteiger charge is -2.07. The zero-order chi connectivity index (χ0) is 18.4. The van der Waals surface area contributed by atoms with E-state index in [2.05, 4.69) is 15.1 Å². The highest BCUT2D eigenvalue weighted by Crippen LogP contribution is 2.36. The summed E-state index contributed by atoms with van der Waals surface area (Å²) < 4.78 is 42.5. The molecule has 0 saturated carbocycles. The summed E-state index contributed by atoms with van der Waals surface area (Å²) in [5.41, 5.74) is 4.77. The Labute approximate surface area is 139 Å². The molecule has 25 heavy (non-hydrogen) atoms. The van der Waals surface area contributed by atoms with E-state index < -0.39 is 17.8 Å². The molecule has 1 amide bonds. The molecule has 0 unspecified atom stereocenters. The van der Waals surface area contributed by atoms with Gasteiger partial charge in [0.05, 0.1) is 17.5 Å². The van der Waals surface area contributed by atoms with E-state index in [4.69, 9.17) is 5.73 Å². The number of halogens is 3. The van der Waals surface area contributed by atoms with Gasteiger partial charge in [-0.3, -0.25) is 4.79 Å². The molecule has 0 aromatic carbocycles. The first kappa shape index (κ1) is 16.7. The Kier molecular flexibility index (Phi) is 3.82. The number of hydrogen-bond acceptors (Lipinski definition) is 4. The van der Waals surface area contributed by atoms with Crippen molar-refractivity contribution >= 4 is 5.91 Å². The molecule has 0 saturated heterocycles. The van der Waals surface area contributed by atoms with Crippen LogP contribution in [0, 0.1) is 6.92 Å². The van der Waals surface area contributed by atoms with Crippen molar-refractivity contribution in [3.63, 3.8) is 0 Å². The van der Waals surface area contributed by atoms with E-state index in [0.717, 1.165) is 16.4 Å². The van der Waals surface area contributed by atoms with Crippen LogP contribution in [0.5, 0.6) is 0 Å². The predicted octanol–water partition coefficient (Wildman–Crippen LogP) is 2.09. The summed E-state index contributed by atoms with van der Waals surface area (Å²) in [4.78, 5) is 19.1. The van der Waals surface area contributed by atoms with E-state index in [1.165, 1.54) is 24.0 Å². The lowest BCUT2D eigenvalue weighted by Crippen LogP contribution is -2.17. The largest absolute Gasteiger partial charge is 0.435 e. The zero-order valence-electron chi connectivity index (χ0n) is 13.2. The number of hydrogen-bond donors (Lipinski definition) is 1. The fourth-order valence-corrected chi connectivity index (χ4v) is 2.37. The van der Waals surface area contributed by atoms with Gasteiger partial charge < -0.3 is 10.3 Å². The summed E-state index contributed by atoms with van der Waals surface area (Å²) in [6, 6.07) is 3.27. The van der Waals surface area contributed by atoms with Crippen molar-refractivity contribution in [2.75, 3.05) is 0 Å². The van der Waals surface area contributed by atoms with Crippen molar-refractivity contribution in [3.05, 3.63) is 47.8 Å². The van der Waals surface area contributed by atoms with Crippen molar-refractivity contribution in [3.8, 4) is 17.1 Å². The number of aryl methyl sites for hydroxylation is 1.